The molecule has 1 heterocycles. The van der Waals surface area contributed by atoms with E-state index >= 15 is 0 Å². The highest BCUT2D eigenvalue weighted by Gasteiger charge is 2.39. The summed E-state index contributed by atoms with van der Waals surface area (Å²) in [5.41, 5.74) is -0.269. The van der Waals surface area contributed by atoms with E-state index in [1.54, 1.807) is 24.3 Å². The molecule has 0 bridgehead atoms. The zero-order chi connectivity index (χ0) is 14.6. The fourth-order valence-electron chi connectivity index (χ4n) is 3.05. The first kappa shape index (κ1) is 15.5. The lowest BCUT2D eigenvalue weighted by molar-refractivity contribution is 0.0558. The van der Waals surface area contributed by atoms with Crippen LogP contribution in [0.2, 0.25) is 0 Å². The molecule has 1 N–H and O–H groups in total. The number of rotatable bonds is 5. The fraction of sp³-hybridized carbons (Fsp3) is 0.600. The van der Waals surface area contributed by atoms with Gasteiger partial charge in [-0.2, -0.15) is 4.31 Å². The van der Waals surface area contributed by atoms with Crippen LogP contribution in [-0.2, 0) is 10.0 Å². The van der Waals surface area contributed by atoms with Crippen LogP contribution in [0.1, 0.15) is 32.6 Å². The van der Waals surface area contributed by atoms with E-state index in [9.17, 15) is 13.5 Å². The van der Waals surface area contributed by atoms with Crippen LogP contribution in [0.5, 0.6) is 0 Å². The molecule has 1 atom stereocenters. The predicted molar refractivity (Wildman–Crippen MR) is 78.9 cm³/mol. The zero-order valence-corrected chi connectivity index (χ0v) is 12.8. The molecular formula is C15H23NO3S. The number of piperidine rings is 1. The second-order valence-electron chi connectivity index (χ2n) is 5.66. The standard InChI is InChI=1S/C15H23NO3S/c1-2-9-15(13-17)10-6-11-16(12-15)20(18,19)14-7-4-3-5-8-14/h3-5,7-8,17H,2,6,9-13H2,1H3/t15-/m1/s1. The first-order chi connectivity index (χ1) is 9.54. The molecule has 0 saturated carbocycles. The van der Waals surface area contributed by atoms with Crippen LogP contribution < -0.4 is 0 Å². The molecule has 1 aromatic rings. The van der Waals surface area contributed by atoms with Crippen molar-refractivity contribution < 1.29 is 13.5 Å². The quantitative estimate of drug-likeness (QED) is 0.907. The Morgan fingerprint density at radius 1 is 1.30 bits per heavy atom. The van der Waals surface area contributed by atoms with Crippen LogP contribution in [-0.4, -0.2) is 37.5 Å². The molecule has 20 heavy (non-hydrogen) atoms. The second-order valence-corrected chi connectivity index (χ2v) is 7.60. The molecule has 2 rings (SSSR count). The topological polar surface area (TPSA) is 57.6 Å². The Labute approximate surface area is 121 Å². The molecule has 0 radical (unpaired) electrons. The summed E-state index contributed by atoms with van der Waals surface area (Å²) < 4.78 is 26.8. The number of aliphatic hydroxyl groups excluding tert-OH is 1. The fourth-order valence-corrected chi connectivity index (χ4v) is 4.66. The number of sulfonamides is 1. The first-order valence-corrected chi connectivity index (χ1v) is 8.64. The molecule has 1 aliphatic rings. The summed E-state index contributed by atoms with van der Waals surface area (Å²) in [4.78, 5) is 0.338. The van der Waals surface area contributed by atoms with E-state index in [0.717, 1.165) is 25.7 Å². The van der Waals surface area contributed by atoms with Gasteiger partial charge in [0.1, 0.15) is 0 Å². The molecule has 0 unspecified atom stereocenters. The SMILES string of the molecule is CCC[C@@]1(CO)CCCN(S(=O)(=O)c2ccccc2)C1. The van der Waals surface area contributed by atoms with Gasteiger partial charge in [-0.25, -0.2) is 8.42 Å². The lowest BCUT2D eigenvalue weighted by atomic mass is 9.78. The molecule has 112 valence electrons. The number of hydrogen-bond acceptors (Lipinski definition) is 3. The Morgan fingerprint density at radius 3 is 2.60 bits per heavy atom. The maximum absolute atomic E-state index is 12.6. The van der Waals surface area contributed by atoms with Crippen molar-refractivity contribution in [3.63, 3.8) is 0 Å². The summed E-state index contributed by atoms with van der Waals surface area (Å²) in [6.07, 6.45) is 3.54. The van der Waals surface area contributed by atoms with Crippen LogP contribution in [0.4, 0.5) is 0 Å². The van der Waals surface area contributed by atoms with Gasteiger partial charge in [-0.05, 0) is 31.4 Å². The lowest BCUT2D eigenvalue weighted by Gasteiger charge is -2.41. The van der Waals surface area contributed by atoms with Crippen molar-refractivity contribution >= 4 is 10.0 Å². The van der Waals surface area contributed by atoms with E-state index in [0.29, 0.717) is 18.0 Å². The minimum Gasteiger partial charge on any atom is -0.396 e. The molecule has 0 aromatic heterocycles. The highest BCUT2D eigenvalue weighted by atomic mass is 32.2. The van der Waals surface area contributed by atoms with E-state index in [2.05, 4.69) is 6.92 Å². The average Bonchev–Trinajstić information content (AvgIpc) is 2.49. The lowest BCUT2D eigenvalue weighted by Crippen LogP contribution is -2.47. The number of benzene rings is 1. The Balaban J connectivity index is 2.24. The molecule has 4 nitrogen and oxygen atoms in total. The average molecular weight is 297 g/mol. The highest BCUT2D eigenvalue weighted by molar-refractivity contribution is 7.89. The smallest absolute Gasteiger partial charge is 0.243 e. The van der Waals surface area contributed by atoms with Gasteiger partial charge in [0, 0.05) is 25.1 Å². The van der Waals surface area contributed by atoms with Gasteiger partial charge in [-0.1, -0.05) is 31.5 Å². The molecule has 0 aliphatic carbocycles. The Morgan fingerprint density at radius 2 is 2.00 bits per heavy atom. The summed E-state index contributed by atoms with van der Waals surface area (Å²) in [6.45, 7) is 3.10. The van der Waals surface area contributed by atoms with E-state index in [4.69, 9.17) is 0 Å². The zero-order valence-electron chi connectivity index (χ0n) is 12.0. The maximum Gasteiger partial charge on any atom is 0.243 e. The van der Waals surface area contributed by atoms with Crippen LogP contribution >= 0.6 is 0 Å². The molecule has 0 spiro atoms. The van der Waals surface area contributed by atoms with Gasteiger partial charge in [0.25, 0.3) is 0 Å². The predicted octanol–water partition coefficient (Wildman–Crippen LogP) is 2.25. The Kier molecular flexibility index (Phi) is 4.83. The van der Waals surface area contributed by atoms with Gasteiger partial charge in [-0.15, -0.1) is 0 Å². The van der Waals surface area contributed by atoms with Crippen molar-refractivity contribution in [2.24, 2.45) is 5.41 Å². The Hall–Kier alpha value is -0.910. The van der Waals surface area contributed by atoms with Crippen molar-refractivity contribution in [1.82, 2.24) is 4.31 Å². The van der Waals surface area contributed by atoms with E-state index in [1.165, 1.54) is 4.31 Å². The van der Waals surface area contributed by atoms with Crippen LogP contribution in [0.3, 0.4) is 0 Å². The summed E-state index contributed by atoms with van der Waals surface area (Å²) in [5, 5.41) is 9.71. The summed E-state index contributed by atoms with van der Waals surface area (Å²) in [6, 6.07) is 8.55. The minimum absolute atomic E-state index is 0.0572. The molecule has 5 heteroatoms. The van der Waals surface area contributed by atoms with Crippen LogP contribution in [0.25, 0.3) is 0 Å². The molecule has 1 aliphatic heterocycles. The summed E-state index contributed by atoms with van der Waals surface area (Å²) in [5.74, 6) is 0. The second kappa shape index (κ2) is 6.24. The third-order valence-electron chi connectivity index (χ3n) is 4.12. The van der Waals surface area contributed by atoms with Crippen molar-refractivity contribution in [3.05, 3.63) is 30.3 Å². The van der Waals surface area contributed by atoms with Gasteiger partial charge in [0.2, 0.25) is 10.0 Å². The summed E-state index contributed by atoms with van der Waals surface area (Å²) >= 11 is 0. The number of aliphatic hydroxyl groups is 1. The first-order valence-electron chi connectivity index (χ1n) is 7.20. The van der Waals surface area contributed by atoms with Crippen molar-refractivity contribution in [2.75, 3.05) is 19.7 Å². The Bertz CT molecular complexity index is 525. The number of nitrogens with zero attached hydrogens (tertiary/aromatic N) is 1. The van der Waals surface area contributed by atoms with Gasteiger partial charge < -0.3 is 5.11 Å². The summed E-state index contributed by atoms with van der Waals surface area (Å²) in [7, 11) is -3.44. The minimum atomic E-state index is -3.44. The monoisotopic (exact) mass is 297 g/mol. The third-order valence-corrected chi connectivity index (χ3v) is 5.98. The van der Waals surface area contributed by atoms with Crippen molar-refractivity contribution in [2.45, 2.75) is 37.5 Å². The van der Waals surface area contributed by atoms with E-state index in [1.807, 2.05) is 6.07 Å². The highest BCUT2D eigenvalue weighted by Crippen LogP contribution is 2.36. The molecule has 1 saturated heterocycles. The van der Waals surface area contributed by atoms with Crippen LogP contribution in [0, 0.1) is 5.41 Å². The molecule has 0 amide bonds. The molecular weight excluding hydrogens is 274 g/mol. The van der Waals surface area contributed by atoms with Crippen molar-refractivity contribution in [1.29, 1.82) is 0 Å². The largest absolute Gasteiger partial charge is 0.396 e. The normalized spacial score (nSPS) is 24.7. The van der Waals surface area contributed by atoms with Gasteiger partial charge in [0.05, 0.1) is 4.90 Å². The van der Waals surface area contributed by atoms with Crippen LogP contribution in [0.15, 0.2) is 35.2 Å². The van der Waals surface area contributed by atoms with Gasteiger partial charge in [-0.3, -0.25) is 0 Å². The third kappa shape index (κ3) is 3.05. The van der Waals surface area contributed by atoms with Gasteiger partial charge in [0.15, 0.2) is 0 Å². The number of hydrogen-bond donors (Lipinski definition) is 1. The molecule has 1 aromatic carbocycles. The van der Waals surface area contributed by atoms with E-state index in [-0.39, 0.29) is 12.0 Å². The van der Waals surface area contributed by atoms with Gasteiger partial charge >= 0.3 is 0 Å². The van der Waals surface area contributed by atoms with Crippen molar-refractivity contribution in [3.8, 4) is 0 Å². The molecule has 1 fully saturated rings. The van der Waals surface area contributed by atoms with E-state index < -0.39 is 10.0 Å². The maximum atomic E-state index is 12.6.